The van der Waals surface area contributed by atoms with Gasteiger partial charge in [-0.15, -0.1) is 0 Å². The molecule has 0 aliphatic heterocycles. The number of benzene rings is 2. The van der Waals surface area contributed by atoms with Crippen LogP contribution in [0.1, 0.15) is 11.1 Å². The molecule has 0 spiro atoms. The van der Waals surface area contributed by atoms with E-state index in [1.54, 1.807) is 18.0 Å². The summed E-state index contributed by atoms with van der Waals surface area (Å²) in [6.07, 6.45) is 0. The van der Waals surface area contributed by atoms with Crippen LogP contribution in [0.2, 0.25) is 0 Å². The SMILES string of the molecule is Cc1ccc(NC(=O)CN(C)c2nc3c(F)cccc3s2)c(C)c1. The van der Waals surface area contributed by atoms with E-state index in [4.69, 9.17) is 0 Å². The van der Waals surface area contributed by atoms with E-state index in [9.17, 15) is 9.18 Å². The Kier molecular flexibility index (Phi) is 4.49. The summed E-state index contributed by atoms with van der Waals surface area (Å²) in [5.41, 5.74) is 3.32. The van der Waals surface area contributed by atoms with Gasteiger partial charge in [-0.1, -0.05) is 35.1 Å². The summed E-state index contributed by atoms with van der Waals surface area (Å²) in [6.45, 7) is 4.12. The summed E-state index contributed by atoms with van der Waals surface area (Å²) in [5, 5.41) is 3.52. The molecule has 124 valence electrons. The second-order valence-electron chi connectivity index (χ2n) is 5.81. The number of likely N-dealkylation sites (N-methyl/N-ethyl adjacent to an activating group) is 1. The minimum atomic E-state index is -0.344. The van der Waals surface area contributed by atoms with Crippen LogP contribution in [-0.2, 0) is 4.79 Å². The number of amides is 1. The fourth-order valence-corrected chi connectivity index (χ4v) is 3.43. The van der Waals surface area contributed by atoms with E-state index >= 15 is 0 Å². The second kappa shape index (κ2) is 6.57. The standard InChI is InChI=1S/C18H18FN3OS/c1-11-7-8-14(12(2)9-11)20-16(23)10-22(3)18-21-17-13(19)5-4-6-15(17)24-18/h4-9H,10H2,1-3H3,(H,20,23). The minimum absolute atomic E-state index is 0.135. The van der Waals surface area contributed by atoms with E-state index in [0.717, 1.165) is 21.5 Å². The fourth-order valence-electron chi connectivity index (χ4n) is 2.49. The van der Waals surface area contributed by atoms with E-state index < -0.39 is 0 Å². The summed E-state index contributed by atoms with van der Waals surface area (Å²) in [6, 6.07) is 10.8. The lowest BCUT2D eigenvalue weighted by atomic mass is 10.1. The van der Waals surface area contributed by atoms with Crippen molar-refractivity contribution >= 4 is 38.3 Å². The van der Waals surface area contributed by atoms with Crippen molar-refractivity contribution in [3.05, 3.63) is 53.3 Å². The molecule has 4 nitrogen and oxygen atoms in total. The number of aryl methyl sites for hydroxylation is 2. The third kappa shape index (κ3) is 3.38. The Morgan fingerprint density at radius 2 is 2.08 bits per heavy atom. The smallest absolute Gasteiger partial charge is 0.243 e. The summed E-state index contributed by atoms with van der Waals surface area (Å²) < 4.78 is 14.5. The molecule has 3 aromatic rings. The van der Waals surface area contributed by atoms with Crippen LogP contribution in [0.4, 0.5) is 15.2 Å². The molecule has 1 N–H and O–H groups in total. The van der Waals surface area contributed by atoms with Gasteiger partial charge >= 0.3 is 0 Å². The number of carbonyl (C=O) groups is 1. The molecular formula is C18H18FN3OS. The van der Waals surface area contributed by atoms with Crippen LogP contribution in [-0.4, -0.2) is 24.5 Å². The van der Waals surface area contributed by atoms with Crippen molar-refractivity contribution in [1.82, 2.24) is 4.98 Å². The number of fused-ring (bicyclic) bond motifs is 1. The number of hydrogen-bond acceptors (Lipinski definition) is 4. The van der Waals surface area contributed by atoms with Crippen LogP contribution in [0.25, 0.3) is 10.2 Å². The van der Waals surface area contributed by atoms with E-state index in [-0.39, 0.29) is 18.3 Å². The van der Waals surface area contributed by atoms with Gasteiger partial charge in [0, 0.05) is 12.7 Å². The maximum Gasteiger partial charge on any atom is 0.243 e. The third-order valence-corrected chi connectivity index (χ3v) is 4.86. The van der Waals surface area contributed by atoms with Gasteiger partial charge in [-0.05, 0) is 37.6 Å². The Morgan fingerprint density at radius 3 is 2.79 bits per heavy atom. The number of halogens is 1. The first kappa shape index (κ1) is 16.4. The summed E-state index contributed by atoms with van der Waals surface area (Å²) in [5.74, 6) is -0.479. The average molecular weight is 343 g/mol. The molecule has 0 aliphatic carbocycles. The van der Waals surface area contributed by atoms with Gasteiger partial charge < -0.3 is 10.2 Å². The van der Waals surface area contributed by atoms with Crippen LogP contribution in [0.5, 0.6) is 0 Å². The Balaban J connectivity index is 1.72. The van der Waals surface area contributed by atoms with Crippen molar-refractivity contribution in [2.45, 2.75) is 13.8 Å². The molecule has 6 heteroatoms. The van der Waals surface area contributed by atoms with Gasteiger partial charge in [0.05, 0.1) is 11.2 Å². The number of rotatable bonds is 4. The van der Waals surface area contributed by atoms with Crippen molar-refractivity contribution in [2.24, 2.45) is 0 Å². The first-order chi connectivity index (χ1) is 11.4. The van der Waals surface area contributed by atoms with E-state index in [0.29, 0.717) is 10.6 Å². The fraction of sp³-hybridized carbons (Fsp3) is 0.222. The Hall–Kier alpha value is -2.47. The van der Waals surface area contributed by atoms with Crippen molar-refractivity contribution < 1.29 is 9.18 Å². The lowest BCUT2D eigenvalue weighted by Gasteiger charge is -2.16. The van der Waals surface area contributed by atoms with Gasteiger partial charge in [-0.2, -0.15) is 0 Å². The number of thiazole rings is 1. The van der Waals surface area contributed by atoms with Crippen molar-refractivity contribution in [3.63, 3.8) is 0 Å². The zero-order valence-electron chi connectivity index (χ0n) is 13.8. The van der Waals surface area contributed by atoms with Gasteiger partial charge in [-0.25, -0.2) is 9.37 Å². The topological polar surface area (TPSA) is 45.2 Å². The zero-order chi connectivity index (χ0) is 17.3. The van der Waals surface area contributed by atoms with Gasteiger partial charge in [0.1, 0.15) is 11.3 Å². The number of aromatic nitrogens is 1. The highest BCUT2D eigenvalue weighted by atomic mass is 32.1. The summed E-state index contributed by atoms with van der Waals surface area (Å²) in [4.78, 5) is 18.3. The lowest BCUT2D eigenvalue weighted by molar-refractivity contribution is -0.114. The van der Waals surface area contributed by atoms with Gasteiger partial charge in [0.15, 0.2) is 5.13 Å². The molecule has 1 heterocycles. The van der Waals surface area contributed by atoms with Crippen LogP contribution in [0.15, 0.2) is 36.4 Å². The number of carbonyl (C=O) groups excluding carboxylic acids is 1. The van der Waals surface area contributed by atoms with E-state index in [2.05, 4.69) is 10.3 Å². The molecule has 0 atom stereocenters. The number of hydrogen-bond donors (Lipinski definition) is 1. The van der Waals surface area contributed by atoms with Crippen LogP contribution in [0.3, 0.4) is 0 Å². The molecule has 0 saturated carbocycles. The van der Waals surface area contributed by atoms with E-state index in [1.165, 1.54) is 17.4 Å². The zero-order valence-corrected chi connectivity index (χ0v) is 14.6. The molecule has 3 rings (SSSR count). The Labute approximate surface area is 143 Å². The molecular weight excluding hydrogens is 325 g/mol. The highest BCUT2D eigenvalue weighted by Gasteiger charge is 2.14. The van der Waals surface area contributed by atoms with Crippen molar-refractivity contribution in [3.8, 4) is 0 Å². The first-order valence-corrected chi connectivity index (χ1v) is 8.39. The molecule has 0 radical (unpaired) electrons. The minimum Gasteiger partial charge on any atom is -0.342 e. The maximum absolute atomic E-state index is 13.7. The number of nitrogens with zero attached hydrogens (tertiary/aromatic N) is 2. The second-order valence-corrected chi connectivity index (χ2v) is 6.81. The largest absolute Gasteiger partial charge is 0.342 e. The molecule has 0 saturated heterocycles. The van der Waals surface area contributed by atoms with Crippen molar-refractivity contribution in [2.75, 3.05) is 23.8 Å². The predicted molar refractivity (Wildman–Crippen MR) is 97.4 cm³/mol. The third-order valence-electron chi connectivity index (χ3n) is 3.72. The highest BCUT2D eigenvalue weighted by molar-refractivity contribution is 7.22. The Bertz CT molecular complexity index is 906. The number of para-hydroxylation sites is 1. The number of anilines is 2. The highest BCUT2D eigenvalue weighted by Crippen LogP contribution is 2.29. The van der Waals surface area contributed by atoms with Crippen LogP contribution >= 0.6 is 11.3 Å². The summed E-state index contributed by atoms with van der Waals surface area (Å²) in [7, 11) is 1.77. The molecule has 0 aliphatic rings. The average Bonchev–Trinajstić information content (AvgIpc) is 2.96. The molecule has 1 amide bonds. The maximum atomic E-state index is 13.7. The normalized spacial score (nSPS) is 10.8. The Morgan fingerprint density at radius 1 is 1.29 bits per heavy atom. The molecule has 1 aromatic heterocycles. The summed E-state index contributed by atoms with van der Waals surface area (Å²) >= 11 is 1.37. The van der Waals surface area contributed by atoms with E-state index in [1.807, 2.05) is 38.1 Å². The van der Waals surface area contributed by atoms with Gasteiger partial charge in [0.25, 0.3) is 0 Å². The number of nitrogens with one attached hydrogen (secondary N) is 1. The molecule has 0 fully saturated rings. The van der Waals surface area contributed by atoms with Gasteiger partial charge in [0.2, 0.25) is 5.91 Å². The molecule has 24 heavy (non-hydrogen) atoms. The van der Waals surface area contributed by atoms with Gasteiger partial charge in [-0.3, -0.25) is 4.79 Å². The van der Waals surface area contributed by atoms with Crippen LogP contribution < -0.4 is 10.2 Å². The van der Waals surface area contributed by atoms with Crippen LogP contribution in [0, 0.1) is 19.7 Å². The monoisotopic (exact) mass is 343 g/mol. The first-order valence-electron chi connectivity index (χ1n) is 7.57. The quantitative estimate of drug-likeness (QED) is 0.775. The van der Waals surface area contributed by atoms with Crippen molar-refractivity contribution in [1.29, 1.82) is 0 Å². The lowest BCUT2D eigenvalue weighted by Crippen LogP contribution is -2.30. The molecule has 2 aromatic carbocycles. The molecule has 0 bridgehead atoms. The molecule has 0 unspecified atom stereocenters. The predicted octanol–water partition coefficient (Wildman–Crippen LogP) is 4.13.